The third kappa shape index (κ3) is 3.78. The third-order valence-electron chi connectivity index (χ3n) is 5.83. The van der Waals surface area contributed by atoms with Crippen LogP contribution in [0.3, 0.4) is 0 Å². The fourth-order valence-electron chi connectivity index (χ4n) is 3.97. The van der Waals surface area contributed by atoms with Crippen LogP contribution in [0.5, 0.6) is 0 Å². The van der Waals surface area contributed by atoms with Crippen molar-refractivity contribution in [2.45, 2.75) is 41.5 Å². The van der Waals surface area contributed by atoms with Gasteiger partial charge in [0.2, 0.25) is 5.52 Å². The van der Waals surface area contributed by atoms with Gasteiger partial charge in [-0.05, 0) is 87.1 Å². The molecule has 0 saturated carbocycles. The van der Waals surface area contributed by atoms with E-state index in [2.05, 4.69) is 0 Å². The second-order valence-corrected chi connectivity index (χ2v) is 9.32. The minimum atomic E-state index is -2.43. The molecule has 0 N–H and O–H groups in total. The molecule has 0 saturated heterocycles. The Morgan fingerprint density at radius 1 is 0.667 bits per heavy atom. The van der Waals surface area contributed by atoms with Gasteiger partial charge in [0.05, 0.1) is 5.30 Å². The number of benzene rings is 3. The molecule has 3 nitrogen and oxygen atoms in total. The fraction of sp³-hybridized carbons (Fsp3) is 0.231. The van der Waals surface area contributed by atoms with Gasteiger partial charge in [0, 0.05) is 16.7 Å². The quantitative estimate of drug-likeness (QED) is 0.374. The van der Waals surface area contributed by atoms with Crippen molar-refractivity contribution in [3.8, 4) is 0 Å². The Morgan fingerprint density at radius 3 is 1.90 bits per heavy atom. The van der Waals surface area contributed by atoms with Crippen molar-refractivity contribution in [3.05, 3.63) is 98.6 Å². The smallest absolute Gasteiger partial charge is 0.247 e. The van der Waals surface area contributed by atoms with Crippen molar-refractivity contribution in [3.63, 3.8) is 0 Å². The highest BCUT2D eigenvalue weighted by Crippen LogP contribution is 2.32. The summed E-state index contributed by atoms with van der Waals surface area (Å²) in [5, 5.41) is 0.294. The summed E-state index contributed by atoms with van der Waals surface area (Å²) in [7, 11) is -2.43. The number of carbonyl (C=O) groups is 2. The summed E-state index contributed by atoms with van der Waals surface area (Å²) in [5.41, 5.74) is 6.55. The zero-order valence-corrected chi connectivity index (χ0v) is 19.2. The molecule has 153 valence electrons. The molecule has 0 aliphatic carbocycles. The molecule has 1 atom stereocenters. The highest BCUT2D eigenvalue weighted by atomic mass is 31.1. The van der Waals surface area contributed by atoms with Crippen LogP contribution in [0.2, 0.25) is 0 Å². The largest absolute Gasteiger partial charge is 0.289 e. The number of carbonyl (C=O) groups excluding carboxylic acids is 2. The summed E-state index contributed by atoms with van der Waals surface area (Å²) in [5.74, 6) is -0.193. The number of hydrogen-bond acceptors (Lipinski definition) is 3. The van der Waals surface area contributed by atoms with Crippen LogP contribution in [0, 0.1) is 41.5 Å². The molecule has 0 aromatic heterocycles. The van der Waals surface area contributed by atoms with Crippen LogP contribution in [0.25, 0.3) is 0 Å². The average molecular weight is 417 g/mol. The molecule has 1 radical (unpaired) electrons. The van der Waals surface area contributed by atoms with Crippen LogP contribution in [0.15, 0.2) is 48.5 Å². The Kier molecular flexibility index (Phi) is 6.14. The highest BCUT2D eigenvalue weighted by Gasteiger charge is 2.27. The van der Waals surface area contributed by atoms with Crippen molar-refractivity contribution in [1.82, 2.24) is 0 Å². The molecule has 0 amide bonds. The lowest BCUT2D eigenvalue weighted by Crippen LogP contribution is -2.18. The Morgan fingerprint density at radius 2 is 1.27 bits per heavy atom. The number of ketones is 1. The van der Waals surface area contributed by atoms with Crippen molar-refractivity contribution in [2.24, 2.45) is 0 Å². The zero-order chi connectivity index (χ0) is 22.2. The normalized spacial score (nSPS) is 11.3. The molecule has 0 heterocycles. The molecule has 3 aromatic rings. The summed E-state index contributed by atoms with van der Waals surface area (Å²) >= 11 is 0. The van der Waals surface area contributed by atoms with Crippen LogP contribution in [0.1, 0.15) is 59.7 Å². The third-order valence-corrected chi connectivity index (χ3v) is 7.25. The first-order chi connectivity index (χ1) is 14.1. The predicted molar refractivity (Wildman–Crippen MR) is 123 cm³/mol. The van der Waals surface area contributed by atoms with Gasteiger partial charge in [-0.25, -0.2) is 0 Å². The van der Waals surface area contributed by atoms with Gasteiger partial charge in [-0.1, -0.05) is 36.4 Å². The molecule has 3 rings (SSSR count). The van der Waals surface area contributed by atoms with E-state index in [1.807, 2.05) is 65.8 Å². The molecule has 0 bridgehead atoms. The molecular weight excluding hydrogens is 391 g/mol. The van der Waals surface area contributed by atoms with Gasteiger partial charge in [-0.15, -0.1) is 0 Å². The van der Waals surface area contributed by atoms with Gasteiger partial charge in [0.25, 0.3) is 0 Å². The van der Waals surface area contributed by atoms with Crippen molar-refractivity contribution >= 4 is 24.4 Å². The Bertz CT molecular complexity index is 1180. The fourth-order valence-corrected chi connectivity index (χ4v) is 5.36. The van der Waals surface area contributed by atoms with E-state index < -0.39 is 13.3 Å². The van der Waals surface area contributed by atoms with E-state index in [0.29, 0.717) is 22.0 Å². The van der Waals surface area contributed by atoms with E-state index in [0.717, 1.165) is 33.4 Å². The van der Waals surface area contributed by atoms with Crippen molar-refractivity contribution in [2.75, 3.05) is 0 Å². The van der Waals surface area contributed by atoms with E-state index in [-0.39, 0.29) is 5.78 Å². The summed E-state index contributed by atoms with van der Waals surface area (Å²) in [6.07, 6.45) is 0. The van der Waals surface area contributed by atoms with Gasteiger partial charge < -0.3 is 0 Å². The van der Waals surface area contributed by atoms with Crippen LogP contribution >= 0.6 is 7.80 Å². The summed E-state index contributed by atoms with van der Waals surface area (Å²) in [6, 6.07) is 14.3. The van der Waals surface area contributed by atoms with Gasteiger partial charge in [-0.2, -0.15) is 0 Å². The first-order valence-electron chi connectivity index (χ1n) is 9.94. The minimum Gasteiger partial charge on any atom is -0.289 e. The predicted octanol–water partition coefficient (Wildman–Crippen LogP) is 6.06. The van der Waals surface area contributed by atoms with Crippen LogP contribution in [-0.2, 0) is 4.57 Å². The second kappa shape index (κ2) is 8.45. The van der Waals surface area contributed by atoms with Crippen molar-refractivity contribution in [1.29, 1.82) is 0 Å². The van der Waals surface area contributed by atoms with Gasteiger partial charge >= 0.3 is 0 Å². The summed E-state index contributed by atoms with van der Waals surface area (Å²) < 4.78 is 13.3. The number of hydrogen-bond donors (Lipinski definition) is 0. The lowest BCUT2D eigenvalue weighted by Gasteiger charge is -2.16. The molecule has 0 fully saturated rings. The SMILES string of the molecule is Cc1cc(C)c(C(=O)c2ccccc2[P](=O)C(=O)c2c(C)cccc2C)c(C)c1C. The molecule has 0 aliphatic rings. The van der Waals surface area contributed by atoms with E-state index in [9.17, 15) is 14.2 Å². The van der Waals surface area contributed by atoms with E-state index in [1.54, 1.807) is 24.3 Å². The lowest BCUT2D eigenvalue weighted by atomic mass is 9.89. The molecule has 0 aliphatic heterocycles. The monoisotopic (exact) mass is 417 g/mol. The van der Waals surface area contributed by atoms with Gasteiger partial charge in [0.15, 0.2) is 13.6 Å². The lowest BCUT2D eigenvalue weighted by molar-refractivity contribution is 0.103. The molecule has 4 heteroatoms. The Hall–Kier alpha value is -2.90. The first kappa shape index (κ1) is 21.8. The molecule has 0 spiro atoms. The van der Waals surface area contributed by atoms with Gasteiger partial charge in [-0.3, -0.25) is 14.2 Å². The second-order valence-electron chi connectivity index (χ2n) is 7.85. The van der Waals surface area contributed by atoms with Crippen LogP contribution in [-0.4, -0.2) is 11.3 Å². The zero-order valence-electron chi connectivity index (χ0n) is 18.3. The Balaban J connectivity index is 2.12. The van der Waals surface area contributed by atoms with Crippen molar-refractivity contribution < 1.29 is 14.2 Å². The minimum absolute atomic E-state index is 0.193. The maximum Gasteiger partial charge on any atom is 0.247 e. The average Bonchev–Trinajstić information content (AvgIpc) is 2.71. The van der Waals surface area contributed by atoms with E-state index in [1.165, 1.54) is 0 Å². The Labute approximate surface area is 178 Å². The summed E-state index contributed by atoms with van der Waals surface area (Å²) in [4.78, 5) is 26.7. The first-order valence-corrected chi connectivity index (χ1v) is 11.2. The summed E-state index contributed by atoms with van der Waals surface area (Å²) in [6.45, 7) is 11.5. The van der Waals surface area contributed by atoms with Crippen LogP contribution in [0.4, 0.5) is 0 Å². The van der Waals surface area contributed by atoms with Gasteiger partial charge in [0.1, 0.15) is 0 Å². The maximum atomic E-state index is 13.5. The standard InChI is InChI=1S/C26H26O3P/c1-15-10-9-11-16(2)23(15)26(28)30(29)22-13-8-7-12-21(22)25(27)24-18(4)14-17(3)19(5)20(24)6/h7-14H,1-6H3. The van der Waals surface area contributed by atoms with Crippen LogP contribution < -0.4 is 5.30 Å². The highest BCUT2D eigenvalue weighted by molar-refractivity contribution is 7.71. The number of rotatable bonds is 5. The molecule has 30 heavy (non-hydrogen) atoms. The van der Waals surface area contributed by atoms with E-state index in [4.69, 9.17) is 0 Å². The molecule has 1 unspecified atom stereocenters. The topological polar surface area (TPSA) is 51.2 Å². The molecular formula is C26H26O3P. The maximum absolute atomic E-state index is 13.5. The van der Waals surface area contributed by atoms with E-state index >= 15 is 0 Å². The molecule has 3 aromatic carbocycles. The number of aryl methyl sites for hydroxylation is 4.